The van der Waals surface area contributed by atoms with E-state index in [0.717, 1.165) is 19.5 Å². The molecule has 5 nitrogen and oxygen atoms in total. The second-order valence-electron chi connectivity index (χ2n) is 5.32. The third kappa shape index (κ3) is 3.64. The van der Waals surface area contributed by atoms with Gasteiger partial charge in [0.1, 0.15) is 5.84 Å². The van der Waals surface area contributed by atoms with E-state index >= 15 is 0 Å². The van der Waals surface area contributed by atoms with Crippen molar-refractivity contribution in [1.29, 1.82) is 0 Å². The van der Waals surface area contributed by atoms with E-state index in [4.69, 9.17) is 10.9 Å². The highest BCUT2D eigenvalue weighted by Crippen LogP contribution is 2.19. The first kappa shape index (κ1) is 13.3. The molecule has 0 amide bonds. The number of likely N-dealkylation sites (N-methyl/N-ethyl adjacent to an activating group) is 1. The van der Waals surface area contributed by atoms with Crippen LogP contribution < -0.4 is 11.1 Å². The lowest BCUT2D eigenvalue weighted by Crippen LogP contribution is -2.38. The molecule has 1 fully saturated rings. The Morgan fingerprint density at radius 1 is 1.62 bits per heavy atom. The summed E-state index contributed by atoms with van der Waals surface area (Å²) in [7, 11) is 2.14. The molecule has 1 saturated heterocycles. The SMILES string of the molecule is CN1CCC(NCCC(C)(C)C(N)=NO)C1. The zero-order valence-corrected chi connectivity index (χ0v) is 10.5. The van der Waals surface area contributed by atoms with Crippen LogP contribution in [0.25, 0.3) is 0 Å². The van der Waals surface area contributed by atoms with E-state index in [1.54, 1.807) is 0 Å². The Bertz CT molecular complexity index is 252. The minimum atomic E-state index is -0.244. The van der Waals surface area contributed by atoms with Crippen LogP contribution in [0.4, 0.5) is 0 Å². The third-order valence-electron chi connectivity index (χ3n) is 3.38. The van der Waals surface area contributed by atoms with Crippen LogP contribution in [0.3, 0.4) is 0 Å². The fourth-order valence-electron chi connectivity index (χ4n) is 1.95. The first-order valence-electron chi connectivity index (χ1n) is 5.85. The Kier molecular flexibility index (Phi) is 4.56. The number of likely N-dealkylation sites (tertiary alicyclic amines) is 1. The van der Waals surface area contributed by atoms with Gasteiger partial charge in [0.25, 0.3) is 0 Å². The van der Waals surface area contributed by atoms with E-state index in [0.29, 0.717) is 11.9 Å². The van der Waals surface area contributed by atoms with E-state index < -0.39 is 0 Å². The van der Waals surface area contributed by atoms with Crippen molar-refractivity contribution < 1.29 is 5.21 Å². The number of hydrogen-bond donors (Lipinski definition) is 3. The zero-order chi connectivity index (χ0) is 12.2. The fourth-order valence-corrected chi connectivity index (χ4v) is 1.95. The lowest BCUT2D eigenvalue weighted by atomic mass is 9.88. The van der Waals surface area contributed by atoms with Crippen LogP contribution in [0.5, 0.6) is 0 Å². The molecule has 1 aliphatic heterocycles. The Balaban J connectivity index is 2.25. The number of nitrogens with zero attached hydrogens (tertiary/aromatic N) is 2. The van der Waals surface area contributed by atoms with Crippen molar-refractivity contribution in [2.75, 3.05) is 26.7 Å². The minimum absolute atomic E-state index is 0.244. The van der Waals surface area contributed by atoms with Crippen LogP contribution in [0.1, 0.15) is 26.7 Å². The number of nitrogens with one attached hydrogen (secondary N) is 1. The van der Waals surface area contributed by atoms with Gasteiger partial charge in [0.15, 0.2) is 0 Å². The molecule has 5 heteroatoms. The molecule has 94 valence electrons. The summed E-state index contributed by atoms with van der Waals surface area (Å²) in [5.41, 5.74) is 5.39. The maximum Gasteiger partial charge on any atom is 0.144 e. The topological polar surface area (TPSA) is 73.9 Å². The molecule has 0 aliphatic carbocycles. The van der Waals surface area contributed by atoms with Gasteiger partial charge in [-0.15, -0.1) is 0 Å². The zero-order valence-electron chi connectivity index (χ0n) is 10.5. The van der Waals surface area contributed by atoms with E-state index in [1.807, 2.05) is 13.8 Å². The molecule has 0 aromatic heterocycles. The van der Waals surface area contributed by atoms with Crippen molar-refractivity contribution in [2.45, 2.75) is 32.7 Å². The number of amidine groups is 1. The second-order valence-corrected chi connectivity index (χ2v) is 5.32. The molecule has 4 N–H and O–H groups in total. The highest BCUT2D eigenvalue weighted by atomic mass is 16.4. The van der Waals surface area contributed by atoms with Crippen molar-refractivity contribution in [3.05, 3.63) is 0 Å². The predicted molar refractivity (Wildman–Crippen MR) is 65.7 cm³/mol. The lowest BCUT2D eigenvalue weighted by molar-refractivity contribution is 0.304. The number of rotatable bonds is 5. The van der Waals surface area contributed by atoms with Gasteiger partial charge in [-0.05, 0) is 33.0 Å². The normalized spacial score (nSPS) is 23.9. The van der Waals surface area contributed by atoms with Crippen LogP contribution in [0.15, 0.2) is 5.16 Å². The molecule has 0 bridgehead atoms. The summed E-state index contributed by atoms with van der Waals surface area (Å²) < 4.78 is 0. The summed E-state index contributed by atoms with van der Waals surface area (Å²) >= 11 is 0. The van der Waals surface area contributed by atoms with Crippen molar-refractivity contribution >= 4 is 5.84 Å². The van der Waals surface area contributed by atoms with Gasteiger partial charge in [0.2, 0.25) is 0 Å². The standard InChI is InChI=1S/C11H24N4O/c1-11(2,10(12)14-16)5-6-13-9-4-7-15(3)8-9/h9,13,16H,4-8H2,1-3H3,(H2,12,14). The van der Waals surface area contributed by atoms with Gasteiger partial charge in [0, 0.05) is 18.0 Å². The van der Waals surface area contributed by atoms with Crippen molar-refractivity contribution in [1.82, 2.24) is 10.2 Å². The van der Waals surface area contributed by atoms with Gasteiger partial charge in [-0.3, -0.25) is 0 Å². The monoisotopic (exact) mass is 228 g/mol. The molecule has 0 aromatic carbocycles. The first-order valence-corrected chi connectivity index (χ1v) is 5.85. The Morgan fingerprint density at radius 3 is 2.81 bits per heavy atom. The van der Waals surface area contributed by atoms with Gasteiger partial charge < -0.3 is 21.2 Å². The van der Waals surface area contributed by atoms with Crippen molar-refractivity contribution in [3.63, 3.8) is 0 Å². The summed E-state index contributed by atoms with van der Waals surface area (Å²) in [5, 5.41) is 15.2. The molecule has 0 saturated carbocycles. The molecular formula is C11H24N4O. The van der Waals surface area contributed by atoms with Gasteiger partial charge in [-0.2, -0.15) is 0 Å². The van der Waals surface area contributed by atoms with Crippen LogP contribution in [0, 0.1) is 5.41 Å². The number of nitrogens with two attached hydrogens (primary N) is 1. The van der Waals surface area contributed by atoms with E-state index in [1.165, 1.54) is 13.0 Å². The molecule has 1 rings (SSSR count). The van der Waals surface area contributed by atoms with E-state index in [-0.39, 0.29) is 5.41 Å². The Morgan fingerprint density at radius 2 is 2.31 bits per heavy atom. The van der Waals surface area contributed by atoms with Crippen LogP contribution in [-0.2, 0) is 0 Å². The maximum absolute atomic E-state index is 8.65. The van der Waals surface area contributed by atoms with Gasteiger partial charge in [-0.25, -0.2) is 0 Å². The average molecular weight is 228 g/mol. The van der Waals surface area contributed by atoms with Gasteiger partial charge in [0.05, 0.1) is 0 Å². The minimum Gasteiger partial charge on any atom is -0.409 e. The second kappa shape index (κ2) is 5.50. The Labute approximate surface area is 97.7 Å². The highest BCUT2D eigenvalue weighted by Gasteiger charge is 2.24. The number of hydrogen-bond acceptors (Lipinski definition) is 4. The van der Waals surface area contributed by atoms with Crippen LogP contribution in [-0.4, -0.2) is 48.7 Å². The largest absolute Gasteiger partial charge is 0.409 e. The molecule has 1 aliphatic rings. The van der Waals surface area contributed by atoms with Crippen LogP contribution in [0.2, 0.25) is 0 Å². The first-order chi connectivity index (χ1) is 7.45. The lowest BCUT2D eigenvalue weighted by Gasteiger charge is -2.24. The molecular weight excluding hydrogens is 204 g/mol. The summed E-state index contributed by atoms with van der Waals surface area (Å²) in [6, 6.07) is 0.591. The predicted octanol–water partition coefficient (Wildman–Crippen LogP) is 0.443. The molecule has 1 heterocycles. The molecule has 1 unspecified atom stereocenters. The molecule has 16 heavy (non-hydrogen) atoms. The highest BCUT2D eigenvalue weighted by molar-refractivity contribution is 5.85. The maximum atomic E-state index is 8.65. The third-order valence-corrected chi connectivity index (χ3v) is 3.38. The summed E-state index contributed by atoms with van der Waals surface area (Å²) in [5.74, 6) is 0.304. The van der Waals surface area contributed by atoms with Crippen LogP contribution >= 0.6 is 0 Å². The average Bonchev–Trinajstić information content (AvgIpc) is 2.62. The molecule has 0 spiro atoms. The van der Waals surface area contributed by atoms with Gasteiger partial charge in [-0.1, -0.05) is 19.0 Å². The van der Waals surface area contributed by atoms with Crippen molar-refractivity contribution in [3.8, 4) is 0 Å². The van der Waals surface area contributed by atoms with Crippen molar-refractivity contribution in [2.24, 2.45) is 16.3 Å². The summed E-state index contributed by atoms with van der Waals surface area (Å²) in [6.45, 7) is 7.17. The molecule has 0 radical (unpaired) electrons. The van der Waals surface area contributed by atoms with Gasteiger partial charge >= 0.3 is 0 Å². The smallest absolute Gasteiger partial charge is 0.144 e. The molecule has 0 aromatic rings. The summed E-state index contributed by atoms with van der Waals surface area (Å²) in [6.07, 6.45) is 2.09. The quantitative estimate of drug-likeness (QED) is 0.276. The summed E-state index contributed by atoms with van der Waals surface area (Å²) in [4.78, 5) is 2.33. The van der Waals surface area contributed by atoms with E-state index in [9.17, 15) is 0 Å². The van der Waals surface area contributed by atoms with E-state index in [2.05, 4.69) is 22.4 Å². The molecule has 1 atom stereocenters. The number of oxime groups is 1. The Hall–Kier alpha value is -0.810. The fraction of sp³-hybridized carbons (Fsp3) is 0.909.